The van der Waals surface area contributed by atoms with Crippen molar-refractivity contribution in [3.63, 3.8) is 0 Å². The molecule has 2 rings (SSSR count). The largest absolute Gasteiger partial charge is 0.464 e. The van der Waals surface area contributed by atoms with Gasteiger partial charge >= 0.3 is 5.97 Å². The SMILES string of the molecule is COC(=O)c1coc(CCCCC2(C)OC=CO2)n1. The maximum Gasteiger partial charge on any atom is 0.360 e. The fraction of sp³-hybridized carbons (Fsp3) is 0.538. The quantitative estimate of drug-likeness (QED) is 0.582. The van der Waals surface area contributed by atoms with Crippen LogP contribution < -0.4 is 0 Å². The second-order valence-corrected chi connectivity index (χ2v) is 4.47. The highest BCUT2D eigenvalue weighted by molar-refractivity contribution is 5.86. The summed E-state index contributed by atoms with van der Waals surface area (Å²) in [5.74, 6) is -0.494. The number of aromatic nitrogens is 1. The van der Waals surface area contributed by atoms with Crippen molar-refractivity contribution in [1.29, 1.82) is 0 Å². The normalized spacial score (nSPS) is 15.9. The van der Waals surface area contributed by atoms with Crippen LogP contribution in [0.3, 0.4) is 0 Å². The number of hydrogen-bond acceptors (Lipinski definition) is 6. The summed E-state index contributed by atoms with van der Waals surface area (Å²) in [5, 5.41) is 0. The Hall–Kier alpha value is -1.98. The number of rotatable bonds is 6. The van der Waals surface area contributed by atoms with Crippen LogP contribution in [-0.2, 0) is 20.6 Å². The fourth-order valence-electron chi connectivity index (χ4n) is 1.84. The van der Waals surface area contributed by atoms with E-state index in [9.17, 15) is 4.79 Å². The number of oxazole rings is 1. The van der Waals surface area contributed by atoms with E-state index in [0.717, 1.165) is 19.3 Å². The summed E-state index contributed by atoms with van der Waals surface area (Å²) in [5.41, 5.74) is 0.205. The van der Waals surface area contributed by atoms with Gasteiger partial charge in [0.25, 0.3) is 0 Å². The van der Waals surface area contributed by atoms with Crippen LogP contribution in [0.25, 0.3) is 0 Å². The van der Waals surface area contributed by atoms with E-state index in [2.05, 4.69) is 9.72 Å². The van der Waals surface area contributed by atoms with Gasteiger partial charge in [-0.05, 0) is 12.8 Å². The second kappa shape index (κ2) is 5.77. The third-order valence-electron chi connectivity index (χ3n) is 2.91. The molecule has 0 saturated heterocycles. The molecule has 0 unspecified atom stereocenters. The van der Waals surface area contributed by atoms with Crippen LogP contribution in [0, 0.1) is 0 Å². The molecule has 6 heteroatoms. The van der Waals surface area contributed by atoms with Gasteiger partial charge in [0.2, 0.25) is 5.79 Å². The molecule has 0 bridgehead atoms. The Kier molecular flexibility index (Phi) is 4.09. The van der Waals surface area contributed by atoms with Crippen LogP contribution in [0.5, 0.6) is 0 Å². The van der Waals surface area contributed by atoms with Crippen molar-refractivity contribution in [3.8, 4) is 0 Å². The number of hydrogen-bond donors (Lipinski definition) is 0. The smallest absolute Gasteiger partial charge is 0.360 e. The predicted octanol–water partition coefficient (Wildman–Crippen LogP) is 2.41. The molecule has 6 nitrogen and oxygen atoms in total. The number of carbonyl (C=O) groups is 1. The molecule has 0 radical (unpaired) electrons. The standard InChI is InChI=1S/C13H17NO5/c1-13(18-7-8-19-13)6-4-3-5-11-14-10(9-17-11)12(15)16-2/h7-9H,3-6H2,1-2H3. The van der Waals surface area contributed by atoms with Crippen LogP contribution in [-0.4, -0.2) is 23.9 Å². The summed E-state index contributed by atoms with van der Waals surface area (Å²) < 4.78 is 20.4. The first-order valence-corrected chi connectivity index (χ1v) is 6.16. The molecule has 104 valence electrons. The highest BCUT2D eigenvalue weighted by Gasteiger charge is 2.28. The Morgan fingerprint density at radius 3 is 2.79 bits per heavy atom. The third kappa shape index (κ3) is 3.49. The Morgan fingerprint density at radius 2 is 2.11 bits per heavy atom. The van der Waals surface area contributed by atoms with Gasteiger partial charge < -0.3 is 18.6 Å². The summed E-state index contributed by atoms with van der Waals surface area (Å²) in [7, 11) is 1.31. The first-order chi connectivity index (χ1) is 9.13. The van der Waals surface area contributed by atoms with Gasteiger partial charge in [-0.1, -0.05) is 0 Å². The monoisotopic (exact) mass is 267 g/mol. The number of unbranched alkanes of at least 4 members (excludes halogenated alkanes) is 1. The van der Waals surface area contributed by atoms with E-state index < -0.39 is 11.8 Å². The van der Waals surface area contributed by atoms with Gasteiger partial charge in [-0.2, -0.15) is 0 Å². The summed E-state index contributed by atoms with van der Waals surface area (Å²) >= 11 is 0. The molecule has 0 aromatic carbocycles. The molecule has 0 atom stereocenters. The van der Waals surface area contributed by atoms with E-state index in [0.29, 0.717) is 12.3 Å². The van der Waals surface area contributed by atoms with Crippen molar-refractivity contribution < 1.29 is 23.4 Å². The van der Waals surface area contributed by atoms with Gasteiger partial charge in [-0.25, -0.2) is 9.78 Å². The van der Waals surface area contributed by atoms with Crippen molar-refractivity contribution in [3.05, 3.63) is 30.4 Å². The van der Waals surface area contributed by atoms with Crippen molar-refractivity contribution in [2.75, 3.05) is 7.11 Å². The van der Waals surface area contributed by atoms with Crippen molar-refractivity contribution in [2.45, 2.75) is 38.4 Å². The van der Waals surface area contributed by atoms with Gasteiger partial charge in [-0.3, -0.25) is 0 Å². The van der Waals surface area contributed by atoms with Crippen molar-refractivity contribution in [1.82, 2.24) is 4.98 Å². The zero-order valence-corrected chi connectivity index (χ0v) is 11.0. The lowest BCUT2D eigenvalue weighted by molar-refractivity contribution is -0.131. The maximum atomic E-state index is 11.2. The number of aryl methyl sites for hydroxylation is 1. The Balaban J connectivity index is 1.71. The van der Waals surface area contributed by atoms with Crippen LogP contribution in [0.15, 0.2) is 23.2 Å². The van der Waals surface area contributed by atoms with E-state index >= 15 is 0 Å². The molecule has 19 heavy (non-hydrogen) atoms. The van der Waals surface area contributed by atoms with Crippen LogP contribution in [0.2, 0.25) is 0 Å². The van der Waals surface area contributed by atoms with Gasteiger partial charge in [0.1, 0.15) is 18.8 Å². The van der Waals surface area contributed by atoms with Gasteiger partial charge in [0.05, 0.1) is 7.11 Å². The minimum Gasteiger partial charge on any atom is -0.464 e. The van der Waals surface area contributed by atoms with E-state index in [-0.39, 0.29) is 5.69 Å². The topological polar surface area (TPSA) is 70.8 Å². The van der Waals surface area contributed by atoms with Crippen LogP contribution in [0.1, 0.15) is 42.6 Å². The molecule has 0 saturated carbocycles. The number of esters is 1. The zero-order chi connectivity index (χ0) is 13.7. The number of methoxy groups -OCH3 is 1. The number of ether oxygens (including phenoxy) is 3. The maximum absolute atomic E-state index is 11.2. The zero-order valence-electron chi connectivity index (χ0n) is 11.0. The summed E-state index contributed by atoms with van der Waals surface area (Å²) in [6.45, 7) is 1.90. The lowest BCUT2D eigenvalue weighted by atomic mass is 10.1. The average Bonchev–Trinajstić information content (AvgIpc) is 3.03. The number of carbonyl (C=O) groups excluding carboxylic acids is 1. The molecule has 0 amide bonds. The van der Waals surface area contributed by atoms with Crippen LogP contribution in [0.4, 0.5) is 0 Å². The lowest BCUT2D eigenvalue weighted by Gasteiger charge is -2.22. The molecule has 1 aliphatic heterocycles. The second-order valence-electron chi connectivity index (χ2n) is 4.47. The molecule has 0 spiro atoms. The molecule has 0 N–H and O–H groups in total. The Bertz CT molecular complexity index is 457. The fourth-order valence-corrected chi connectivity index (χ4v) is 1.84. The Morgan fingerprint density at radius 1 is 1.37 bits per heavy atom. The first-order valence-electron chi connectivity index (χ1n) is 6.16. The Labute approximate surface area is 111 Å². The van der Waals surface area contributed by atoms with Crippen molar-refractivity contribution >= 4 is 5.97 Å². The van der Waals surface area contributed by atoms with Gasteiger partial charge in [0, 0.05) is 19.8 Å². The average molecular weight is 267 g/mol. The van der Waals surface area contributed by atoms with E-state index in [1.807, 2.05) is 6.92 Å². The third-order valence-corrected chi connectivity index (χ3v) is 2.91. The predicted molar refractivity (Wildman–Crippen MR) is 65.1 cm³/mol. The molecule has 1 aromatic heterocycles. The number of nitrogens with zero attached hydrogens (tertiary/aromatic N) is 1. The first kappa shape index (κ1) is 13.5. The highest BCUT2D eigenvalue weighted by atomic mass is 16.7. The summed E-state index contributed by atoms with van der Waals surface area (Å²) in [6, 6.07) is 0. The summed E-state index contributed by atoms with van der Waals surface area (Å²) in [6.07, 6.45) is 7.66. The molecular formula is C13H17NO5. The van der Waals surface area contributed by atoms with E-state index in [1.165, 1.54) is 13.4 Å². The molecule has 1 aliphatic rings. The summed E-state index contributed by atoms with van der Waals surface area (Å²) in [4.78, 5) is 15.2. The highest BCUT2D eigenvalue weighted by Crippen LogP contribution is 2.25. The minimum absolute atomic E-state index is 0.205. The van der Waals surface area contributed by atoms with Crippen molar-refractivity contribution in [2.24, 2.45) is 0 Å². The molecule has 0 aliphatic carbocycles. The molecular weight excluding hydrogens is 250 g/mol. The van der Waals surface area contributed by atoms with Gasteiger partial charge in [-0.15, -0.1) is 0 Å². The van der Waals surface area contributed by atoms with E-state index in [1.54, 1.807) is 12.5 Å². The molecule has 1 aromatic rings. The molecule has 2 heterocycles. The van der Waals surface area contributed by atoms with E-state index in [4.69, 9.17) is 13.9 Å². The minimum atomic E-state index is -0.548. The van der Waals surface area contributed by atoms with Gasteiger partial charge in [0.15, 0.2) is 11.6 Å². The lowest BCUT2D eigenvalue weighted by Crippen LogP contribution is -2.24. The molecule has 0 fully saturated rings. The van der Waals surface area contributed by atoms with Crippen LogP contribution >= 0.6 is 0 Å².